The Bertz CT molecular complexity index is 1330. The van der Waals surface area contributed by atoms with Crippen LogP contribution in [0.25, 0.3) is 11.3 Å². The van der Waals surface area contributed by atoms with Gasteiger partial charge in [-0.15, -0.1) is 0 Å². The van der Waals surface area contributed by atoms with Gasteiger partial charge >= 0.3 is 0 Å². The Labute approximate surface area is 179 Å². The molecule has 0 aliphatic carbocycles. The van der Waals surface area contributed by atoms with Gasteiger partial charge in [-0.05, 0) is 46.3 Å². The molecule has 1 aliphatic rings. The van der Waals surface area contributed by atoms with Crippen LogP contribution in [-0.4, -0.2) is 37.5 Å². The number of nitrogens with zero attached hydrogens (tertiary/aromatic N) is 5. The van der Waals surface area contributed by atoms with Crippen LogP contribution in [0.2, 0.25) is 10.0 Å². The van der Waals surface area contributed by atoms with Crippen molar-refractivity contribution in [3.63, 3.8) is 0 Å². The molecule has 30 heavy (non-hydrogen) atoms. The number of hydrogen-bond donors (Lipinski definition) is 2. The van der Waals surface area contributed by atoms with Gasteiger partial charge in [0.25, 0.3) is 5.56 Å². The number of aromatic nitrogens is 6. The molecule has 150 valence electrons. The van der Waals surface area contributed by atoms with Crippen LogP contribution in [-0.2, 0) is 0 Å². The van der Waals surface area contributed by atoms with Gasteiger partial charge in [0, 0.05) is 16.1 Å². The lowest BCUT2D eigenvalue weighted by atomic mass is 9.92. The molecule has 2 aromatic carbocycles. The van der Waals surface area contributed by atoms with Crippen LogP contribution in [0, 0.1) is 0 Å². The first kappa shape index (κ1) is 18.6. The third kappa shape index (κ3) is 2.90. The predicted molar refractivity (Wildman–Crippen MR) is 112 cm³/mol. The van der Waals surface area contributed by atoms with E-state index >= 15 is 0 Å². The zero-order valence-corrected chi connectivity index (χ0v) is 16.9. The number of nitrogens with one attached hydrogen (secondary N) is 2. The molecule has 0 saturated heterocycles. The van der Waals surface area contributed by atoms with E-state index in [1.165, 1.54) is 0 Å². The van der Waals surface area contributed by atoms with Crippen LogP contribution >= 0.6 is 23.2 Å². The minimum atomic E-state index is -0.544. The summed E-state index contributed by atoms with van der Waals surface area (Å²) < 4.78 is 6.97. The van der Waals surface area contributed by atoms with E-state index in [0.29, 0.717) is 44.3 Å². The summed E-state index contributed by atoms with van der Waals surface area (Å²) in [6.07, 6.45) is 0. The molecule has 1 aliphatic heterocycles. The fraction of sp³-hybridized carbons (Fsp3) is 0.105. The van der Waals surface area contributed by atoms with Crippen molar-refractivity contribution in [1.29, 1.82) is 0 Å². The highest BCUT2D eigenvalue weighted by Crippen LogP contribution is 2.43. The first-order chi connectivity index (χ1) is 14.6. The Morgan fingerprint density at radius 1 is 1.17 bits per heavy atom. The molecule has 0 bridgehead atoms. The summed E-state index contributed by atoms with van der Waals surface area (Å²) in [5, 5.41) is 22.6. The fourth-order valence-corrected chi connectivity index (χ4v) is 4.04. The third-order valence-electron chi connectivity index (χ3n) is 4.86. The van der Waals surface area contributed by atoms with E-state index in [2.05, 4.69) is 31.0 Å². The molecule has 9 nitrogen and oxygen atoms in total. The van der Waals surface area contributed by atoms with Crippen molar-refractivity contribution in [2.24, 2.45) is 0 Å². The molecule has 0 spiro atoms. The minimum Gasteiger partial charge on any atom is -0.497 e. The number of rotatable bonds is 3. The Morgan fingerprint density at radius 2 is 2.03 bits per heavy atom. The van der Waals surface area contributed by atoms with Gasteiger partial charge in [-0.25, -0.2) is 5.10 Å². The van der Waals surface area contributed by atoms with E-state index in [1.807, 2.05) is 24.3 Å². The van der Waals surface area contributed by atoms with Crippen molar-refractivity contribution in [3.8, 4) is 17.0 Å². The van der Waals surface area contributed by atoms with Crippen molar-refractivity contribution in [2.75, 3.05) is 12.4 Å². The molecule has 2 N–H and O–H groups in total. The molecular formula is C19H13Cl2N7O2. The summed E-state index contributed by atoms with van der Waals surface area (Å²) in [5.74, 6) is 0.992. The number of methoxy groups -OCH3 is 1. The average Bonchev–Trinajstić information content (AvgIpc) is 3.22. The van der Waals surface area contributed by atoms with Crippen LogP contribution < -0.4 is 15.6 Å². The first-order valence-corrected chi connectivity index (χ1v) is 9.59. The lowest BCUT2D eigenvalue weighted by Gasteiger charge is -2.28. The molecule has 0 radical (unpaired) electrons. The van der Waals surface area contributed by atoms with Crippen molar-refractivity contribution < 1.29 is 4.74 Å². The van der Waals surface area contributed by atoms with Crippen LogP contribution in [0.4, 0.5) is 11.6 Å². The van der Waals surface area contributed by atoms with Gasteiger partial charge in [0.15, 0.2) is 0 Å². The fourth-order valence-electron chi connectivity index (χ4n) is 3.54. The quantitative estimate of drug-likeness (QED) is 0.441. The zero-order valence-electron chi connectivity index (χ0n) is 15.4. The van der Waals surface area contributed by atoms with Gasteiger partial charge in [-0.3, -0.25) is 4.79 Å². The standard InChI is InChI=1S/C19H13Cl2N7O2/c1-30-11-4-2-3-9(7-11)17-14-15(12-6-5-10(20)8-13(12)21)23-24-18(29)16(14)22-19-25-26-27-28(17)19/h2-8,17H,1H3,(H,24,29)(H,22,25,27)/t17-/m0/s1. The smallest absolute Gasteiger partial charge is 0.288 e. The molecule has 0 fully saturated rings. The maximum atomic E-state index is 12.7. The number of benzene rings is 2. The number of H-pyrrole nitrogens is 1. The van der Waals surface area contributed by atoms with Crippen LogP contribution in [0.1, 0.15) is 17.2 Å². The largest absolute Gasteiger partial charge is 0.497 e. The lowest BCUT2D eigenvalue weighted by molar-refractivity contribution is 0.413. The minimum absolute atomic E-state index is 0.293. The maximum Gasteiger partial charge on any atom is 0.288 e. The lowest BCUT2D eigenvalue weighted by Crippen LogP contribution is -2.29. The zero-order chi connectivity index (χ0) is 20.8. The summed E-state index contributed by atoms with van der Waals surface area (Å²) in [6, 6.07) is 12.0. The van der Waals surface area contributed by atoms with Crippen LogP contribution in [0.3, 0.4) is 0 Å². The van der Waals surface area contributed by atoms with E-state index in [9.17, 15) is 4.79 Å². The number of hydrogen-bond acceptors (Lipinski definition) is 7. The van der Waals surface area contributed by atoms with E-state index in [4.69, 9.17) is 27.9 Å². The second-order valence-corrected chi connectivity index (χ2v) is 7.41. The van der Waals surface area contributed by atoms with Crippen molar-refractivity contribution >= 4 is 34.8 Å². The highest BCUT2D eigenvalue weighted by atomic mass is 35.5. The SMILES string of the molecule is COc1cccc([C@H]2c3c(-c4ccc(Cl)cc4Cl)n[nH]c(=O)c3Nc3nnnn32)c1. The normalized spacial score (nSPS) is 14.6. The van der Waals surface area contributed by atoms with Crippen molar-refractivity contribution in [2.45, 2.75) is 6.04 Å². The molecule has 0 saturated carbocycles. The summed E-state index contributed by atoms with van der Waals surface area (Å²) in [7, 11) is 1.59. The average molecular weight is 442 g/mol. The van der Waals surface area contributed by atoms with Crippen LogP contribution in [0.5, 0.6) is 5.75 Å². The van der Waals surface area contributed by atoms with E-state index in [0.717, 1.165) is 5.56 Å². The number of aromatic amines is 1. The Kier molecular flexibility index (Phi) is 4.41. The molecule has 0 amide bonds. The second kappa shape index (κ2) is 7.12. The molecule has 4 aromatic rings. The summed E-state index contributed by atoms with van der Waals surface area (Å²) >= 11 is 12.5. The van der Waals surface area contributed by atoms with Gasteiger partial charge in [0.1, 0.15) is 23.2 Å². The Morgan fingerprint density at radius 3 is 2.83 bits per heavy atom. The summed E-state index contributed by atoms with van der Waals surface area (Å²) in [4.78, 5) is 12.7. The van der Waals surface area contributed by atoms with Gasteiger partial charge in [0.05, 0.1) is 12.1 Å². The van der Waals surface area contributed by atoms with Gasteiger partial charge in [-0.1, -0.05) is 40.4 Å². The molecule has 5 rings (SSSR count). The van der Waals surface area contributed by atoms with E-state index in [-0.39, 0.29) is 0 Å². The predicted octanol–water partition coefficient (Wildman–Crippen LogP) is 3.43. The highest BCUT2D eigenvalue weighted by Gasteiger charge is 2.34. The van der Waals surface area contributed by atoms with Crippen molar-refractivity contribution in [3.05, 3.63) is 74.0 Å². The maximum absolute atomic E-state index is 12.7. The highest BCUT2D eigenvalue weighted by molar-refractivity contribution is 6.36. The van der Waals surface area contributed by atoms with E-state index in [1.54, 1.807) is 30.0 Å². The number of fused-ring (bicyclic) bond motifs is 2. The summed E-state index contributed by atoms with van der Waals surface area (Å²) in [6.45, 7) is 0. The summed E-state index contributed by atoms with van der Waals surface area (Å²) in [5.41, 5.74) is 2.37. The number of anilines is 2. The molecule has 3 heterocycles. The monoisotopic (exact) mass is 441 g/mol. The Hall–Kier alpha value is -3.43. The first-order valence-electron chi connectivity index (χ1n) is 8.83. The number of halogens is 2. The molecule has 1 atom stereocenters. The molecule has 0 unspecified atom stereocenters. The topological polar surface area (TPSA) is 111 Å². The number of tetrazole rings is 1. The van der Waals surface area contributed by atoms with E-state index < -0.39 is 11.6 Å². The molecular weight excluding hydrogens is 429 g/mol. The number of ether oxygens (including phenoxy) is 1. The Balaban J connectivity index is 1.83. The molecule has 11 heteroatoms. The second-order valence-electron chi connectivity index (χ2n) is 6.57. The van der Waals surface area contributed by atoms with Crippen molar-refractivity contribution in [1.82, 2.24) is 30.4 Å². The van der Waals surface area contributed by atoms with Gasteiger partial charge in [-0.2, -0.15) is 9.78 Å². The molecule has 2 aromatic heterocycles. The van der Waals surface area contributed by atoms with Crippen LogP contribution in [0.15, 0.2) is 47.3 Å². The third-order valence-corrected chi connectivity index (χ3v) is 5.41. The van der Waals surface area contributed by atoms with Gasteiger partial charge < -0.3 is 10.1 Å². The van der Waals surface area contributed by atoms with Gasteiger partial charge in [0.2, 0.25) is 5.95 Å².